The van der Waals surface area contributed by atoms with E-state index in [-0.39, 0.29) is 25.2 Å². The van der Waals surface area contributed by atoms with Crippen LogP contribution in [-0.2, 0) is 4.79 Å². The van der Waals surface area contributed by atoms with E-state index in [4.69, 9.17) is 0 Å². The van der Waals surface area contributed by atoms with Crippen molar-refractivity contribution < 1.29 is 15.0 Å². The second kappa shape index (κ2) is 10.4. The van der Waals surface area contributed by atoms with Crippen molar-refractivity contribution in [3.05, 3.63) is 0 Å². The molecule has 0 radical (unpaired) electrons. The number of carbonyl (C=O) groups excluding carboxylic acids is 1. The maximum atomic E-state index is 13.4. The van der Waals surface area contributed by atoms with Crippen molar-refractivity contribution in [1.82, 2.24) is 9.80 Å². The number of hydrogen-bond donors (Lipinski definition) is 2. The van der Waals surface area contributed by atoms with Crippen LogP contribution in [0.25, 0.3) is 0 Å². The zero-order valence-electron chi connectivity index (χ0n) is 15.3. The van der Waals surface area contributed by atoms with E-state index >= 15 is 0 Å². The van der Waals surface area contributed by atoms with E-state index in [1.807, 2.05) is 11.8 Å². The van der Waals surface area contributed by atoms with Crippen molar-refractivity contribution in [2.24, 2.45) is 0 Å². The fourth-order valence-electron chi connectivity index (χ4n) is 4.50. The van der Waals surface area contributed by atoms with Crippen molar-refractivity contribution >= 4 is 5.91 Å². The lowest BCUT2D eigenvalue weighted by atomic mass is 9.88. The fourth-order valence-corrected chi connectivity index (χ4v) is 4.50. The topological polar surface area (TPSA) is 64.0 Å². The summed E-state index contributed by atoms with van der Waals surface area (Å²) in [5, 5.41) is 18.6. The van der Waals surface area contributed by atoms with Crippen molar-refractivity contribution in [3.8, 4) is 0 Å². The molecule has 140 valence electrons. The molecule has 2 aliphatic carbocycles. The predicted octanol–water partition coefficient (Wildman–Crippen LogP) is 2.16. The normalized spacial score (nSPS) is 21.8. The first-order valence-corrected chi connectivity index (χ1v) is 9.97. The summed E-state index contributed by atoms with van der Waals surface area (Å²) >= 11 is 0. The molecule has 0 saturated heterocycles. The maximum Gasteiger partial charge on any atom is 0.240 e. The molecule has 2 saturated carbocycles. The third-order valence-electron chi connectivity index (χ3n) is 5.87. The zero-order chi connectivity index (χ0) is 17.4. The summed E-state index contributed by atoms with van der Waals surface area (Å²) in [6, 6.07) is 0.511. The Labute approximate surface area is 147 Å². The molecule has 0 bridgehead atoms. The van der Waals surface area contributed by atoms with Crippen molar-refractivity contribution in [3.63, 3.8) is 0 Å². The predicted molar refractivity (Wildman–Crippen MR) is 95.8 cm³/mol. The van der Waals surface area contributed by atoms with Gasteiger partial charge in [-0.15, -0.1) is 0 Å². The van der Waals surface area contributed by atoms with Crippen LogP contribution in [0.1, 0.15) is 71.1 Å². The molecule has 2 fully saturated rings. The maximum absolute atomic E-state index is 13.4. The summed E-state index contributed by atoms with van der Waals surface area (Å²) in [5.41, 5.74) is 0. The van der Waals surface area contributed by atoms with Gasteiger partial charge in [-0.05, 0) is 32.6 Å². The zero-order valence-corrected chi connectivity index (χ0v) is 15.3. The molecule has 0 aromatic heterocycles. The van der Waals surface area contributed by atoms with Crippen molar-refractivity contribution in [2.45, 2.75) is 89.3 Å². The lowest BCUT2D eigenvalue weighted by Crippen LogP contribution is -2.56. The van der Waals surface area contributed by atoms with E-state index in [0.29, 0.717) is 25.2 Å². The number of aliphatic hydroxyl groups excluding tert-OH is 2. The van der Waals surface area contributed by atoms with Crippen LogP contribution >= 0.6 is 0 Å². The van der Waals surface area contributed by atoms with E-state index < -0.39 is 0 Å². The third-order valence-corrected chi connectivity index (χ3v) is 5.87. The van der Waals surface area contributed by atoms with Gasteiger partial charge in [-0.3, -0.25) is 9.69 Å². The minimum atomic E-state index is -0.270. The molecule has 0 aliphatic heterocycles. The van der Waals surface area contributed by atoms with Gasteiger partial charge >= 0.3 is 0 Å². The van der Waals surface area contributed by atoms with E-state index in [9.17, 15) is 15.0 Å². The van der Waals surface area contributed by atoms with Gasteiger partial charge in [0.15, 0.2) is 0 Å². The van der Waals surface area contributed by atoms with Crippen LogP contribution in [0.2, 0.25) is 0 Å². The summed E-state index contributed by atoms with van der Waals surface area (Å²) in [7, 11) is 0. The highest BCUT2D eigenvalue weighted by molar-refractivity contribution is 5.82. The minimum Gasteiger partial charge on any atom is -0.395 e. The molecule has 1 amide bonds. The van der Waals surface area contributed by atoms with E-state index in [2.05, 4.69) is 4.90 Å². The van der Waals surface area contributed by atoms with Gasteiger partial charge in [-0.1, -0.05) is 38.5 Å². The van der Waals surface area contributed by atoms with Gasteiger partial charge < -0.3 is 15.1 Å². The average Bonchev–Trinajstić information content (AvgIpc) is 2.63. The summed E-state index contributed by atoms with van der Waals surface area (Å²) < 4.78 is 0. The number of carbonyl (C=O) groups is 1. The summed E-state index contributed by atoms with van der Waals surface area (Å²) in [5.74, 6) is 0.204. The highest BCUT2D eigenvalue weighted by Crippen LogP contribution is 2.31. The molecule has 1 unspecified atom stereocenters. The second-order valence-corrected chi connectivity index (χ2v) is 7.49. The van der Waals surface area contributed by atoms with Crippen molar-refractivity contribution in [1.29, 1.82) is 0 Å². The number of rotatable bonds is 8. The fraction of sp³-hybridized carbons (Fsp3) is 0.947. The third kappa shape index (κ3) is 5.17. The first-order valence-electron chi connectivity index (χ1n) is 9.97. The van der Waals surface area contributed by atoms with Gasteiger partial charge in [0, 0.05) is 25.2 Å². The van der Waals surface area contributed by atoms with Gasteiger partial charge in [0.25, 0.3) is 0 Å². The average molecular weight is 341 g/mol. The first kappa shape index (κ1) is 19.7. The van der Waals surface area contributed by atoms with E-state index in [0.717, 1.165) is 25.7 Å². The Morgan fingerprint density at radius 1 is 0.875 bits per heavy atom. The van der Waals surface area contributed by atoms with Gasteiger partial charge in [0.05, 0.1) is 19.3 Å². The van der Waals surface area contributed by atoms with Crippen LogP contribution in [-0.4, -0.2) is 70.3 Å². The largest absolute Gasteiger partial charge is 0.395 e. The van der Waals surface area contributed by atoms with E-state index in [1.165, 1.54) is 38.5 Å². The Bertz CT molecular complexity index is 342. The van der Waals surface area contributed by atoms with Gasteiger partial charge in [0.1, 0.15) is 0 Å². The van der Waals surface area contributed by atoms with Crippen LogP contribution in [0.4, 0.5) is 0 Å². The molecule has 5 heteroatoms. The van der Waals surface area contributed by atoms with Gasteiger partial charge in [-0.2, -0.15) is 0 Å². The van der Waals surface area contributed by atoms with Crippen LogP contribution < -0.4 is 0 Å². The standard InChI is InChI=1S/C19H36N2O3/c1-16(20(12-14-22)13-15-23)19(24)21(17-8-4-2-5-9-17)18-10-6-3-7-11-18/h16-18,22-23H,2-15H2,1H3. The Balaban J connectivity index is 2.12. The Hall–Kier alpha value is -0.650. The molecular formula is C19H36N2O3. The molecule has 1 atom stereocenters. The smallest absolute Gasteiger partial charge is 0.240 e. The molecule has 2 rings (SSSR count). The molecule has 0 heterocycles. The van der Waals surface area contributed by atoms with Crippen LogP contribution in [0.3, 0.4) is 0 Å². The number of aliphatic hydroxyl groups is 2. The molecule has 0 aromatic rings. The highest BCUT2D eigenvalue weighted by Gasteiger charge is 2.36. The molecule has 0 aromatic carbocycles. The lowest BCUT2D eigenvalue weighted by Gasteiger charge is -2.44. The minimum absolute atomic E-state index is 0.0183. The number of hydrogen-bond acceptors (Lipinski definition) is 4. The van der Waals surface area contributed by atoms with Gasteiger partial charge in [0.2, 0.25) is 5.91 Å². The highest BCUT2D eigenvalue weighted by atomic mass is 16.3. The second-order valence-electron chi connectivity index (χ2n) is 7.49. The van der Waals surface area contributed by atoms with Crippen molar-refractivity contribution in [2.75, 3.05) is 26.3 Å². The quantitative estimate of drug-likeness (QED) is 0.711. The van der Waals surface area contributed by atoms with E-state index in [1.54, 1.807) is 0 Å². The number of nitrogens with zero attached hydrogens (tertiary/aromatic N) is 2. The summed E-state index contributed by atoms with van der Waals surface area (Å²) in [4.78, 5) is 17.5. The van der Waals surface area contributed by atoms with Crippen LogP contribution in [0.15, 0.2) is 0 Å². The Morgan fingerprint density at radius 2 is 1.29 bits per heavy atom. The molecule has 5 nitrogen and oxygen atoms in total. The SMILES string of the molecule is CC(C(=O)N(C1CCCCC1)C1CCCCC1)N(CCO)CCO. The molecule has 2 N–H and O–H groups in total. The lowest BCUT2D eigenvalue weighted by molar-refractivity contribution is -0.143. The Morgan fingerprint density at radius 3 is 1.67 bits per heavy atom. The Kier molecular flexibility index (Phi) is 8.50. The summed E-state index contributed by atoms with van der Waals surface area (Å²) in [6.45, 7) is 2.86. The summed E-state index contributed by atoms with van der Waals surface area (Å²) in [6.07, 6.45) is 12.0. The molecule has 2 aliphatic rings. The molecule has 24 heavy (non-hydrogen) atoms. The monoisotopic (exact) mass is 340 g/mol. The number of amides is 1. The van der Waals surface area contributed by atoms with Crippen LogP contribution in [0.5, 0.6) is 0 Å². The van der Waals surface area contributed by atoms with Gasteiger partial charge in [-0.25, -0.2) is 0 Å². The molecular weight excluding hydrogens is 304 g/mol. The van der Waals surface area contributed by atoms with Crippen LogP contribution in [0, 0.1) is 0 Å². The molecule has 0 spiro atoms. The first-order chi connectivity index (χ1) is 11.7.